The predicted octanol–water partition coefficient (Wildman–Crippen LogP) is 0.965. The molecule has 5 nitrogen and oxygen atoms in total. The number of nitrogens with two attached hydrogens (primary N) is 1. The van der Waals surface area contributed by atoms with Crippen LogP contribution in [0, 0.1) is 0 Å². The summed E-state index contributed by atoms with van der Waals surface area (Å²) in [5, 5.41) is 0. The Morgan fingerprint density at radius 2 is 1.95 bits per heavy atom. The third kappa shape index (κ3) is 2.68. The van der Waals surface area contributed by atoms with Crippen molar-refractivity contribution in [1.82, 2.24) is 4.90 Å². The highest BCUT2D eigenvalue weighted by Crippen LogP contribution is 2.33. The lowest BCUT2D eigenvalue weighted by atomic mass is 9.99. The van der Waals surface area contributed by atoms with Gasteiger partial charge in [-0.2, -0.15) is 0 Å². The van der Waals surface area contributed by atoms with E-state index < -0.39 is 0 Å². The molecule has 3 rings (SSSR count). The normalized spacial score (nSPS) is 22.2. The van der Waals surface area contributed by atoms with Crippen molar-refractivity contribution < 1.29 is 14.2 Å². The van der Waals surface area contributed by atoms with Gasteiger partial charge in [-0.1, -0.05) is 6.07 Å². The lowest BCUT2D eigenvalue weighted by molar-refractivity contribution is -0.0142. The second-order valence-electron chi connectivity index (χ2n) is 5.32. The van der Waals surface area contributed by atoms with Crippen molar-refractivity contribution in [2.24, 2.45) is 5.73 Å². The van der Waals surface area contributed by atoms with Gasteiger partial charge in [0.05, 0.1) is 18.9 Å². The van der Waals surface area contributed by atoms with Gasteiger partial charge in [0.1, 0.15) is 0 Å². The highest BCUT2D eigenvalue weighted by Gasteiger charge is 2.29. The fourth-order valence-electron chi connectivity index (χ4n) is 2.65. The minimum absolute atomic E-state index is 0.308. The summed E-state index contributed by atoms with van der Waals surface area (Å²) in [5.41, 5.74) is 7.27. The summed E-state index contributed by atoms with van der Waals surface area (Å²) in [6.45, 7) is 5.67. The molecule has 0 aromatic heterocycles. The molecule has 2 aliphatic heterocycles. The summed E-state index contributed by atoms with van der Waals surface area (Å²) in [7, 11) is 0. The Balaban J connectivity index is 1.72. The van der Waals surface area contributed by atoms with Crippen molar-refractivity contribution in [2.45, 2.75) is 19.0 Å². The number of hydrogen-bond acceptors (Lipinski definition) is 5. The lowest BCUT2D eigenvalue weighted by Crippen LogP contribution is -2.58. The van der Waals surface area contributed by atoms with Crippen LogP contribution in [0.2, 0.25) is 0 Å². The van der Waals surface area contributed by atoms with Gasteiger partial charge in [-0.15, -0.1) is 0 Å². The number of ether oxygens (including phenoxy) is 3. The molecular weight excluding hydrogens is 244 g/mol. The first kappa shape index (κ1) is 12.7. The van der Waals surface area contributed by atoms with Crippen molar-refractivity contribution in [2.75, 3.05) is 33.1 Å². The highest BCUT2D eigenvalue weighted by molar-refractivity contribution is 5.44. The predicted molar refractivity (Wildman–Crippen MR) is 71.3 cm³/mol. The molecule has 0 bridgehead atoms. The fourth-order valence-corrected chi connectivity index (χ4v) is 2.65. The van der Waals surface area contributed by atoms with E-state index in [0.717, 1.165) is 44.2 Å². The minimum Gasteiger partial charge on any atom is -0.454 e. The van der Waals surface area contributed by atoms with Crippen LogP contribution in [0.4, 0.5) is 0 Å². The number of morpholine rings is 1. The minimum atomic E-state index is -0.364. The molecular formula is C14H20N2O3. The van der Waals surface area contributed by atoms with E-state index in [1.807, 2.05) is 12.1 Å². The molecule has 0 saturated carbocycles. The zero-order chi connectivity index (χ0) is 13.3. The molecule has 2 heterocycles. The summed E-state index contributed by atoms with van der Waals surface area (Å²) in [6, 6.07) is 6.03. The monoisotopic (exact) mass is 264 g/mol. The van der Waals surface area contributed by atoms with Gasteiger partial charge in [-0.25, -0.2) is 0 Å². The van der Waals surface area contributed by atoms with Crippen LogP contribution in [-0.4, -0.2) is 43.7 Å². The molecule has 0 spiro atoms. The highest BCUT2D eigenvalue weighted by atomic mass is 16.7. The molecule has 1 saturated heterocycles. The summed E-state index contributed by atoms with van der Waals surface area (Å²) < 4.78 is 16.1. The van der Waals surface area contributed by atoms with E-state index in [4.69, 9.17) is 19.9 Å². The second-order valence-corrected chi connectivity index (χ2v) is 5.32. The SMILES string of the molecule is CC(N)(Cc1ccc2c(c1)OCO2)N1CCOCC1. The molecule has 19 heavy (non-hydrogen) atoms. The van der Waals surface area contributed by atoms with Gasteiger partial charge in [0.25, 0.3) is 0 Å². The Kier molecular flexibility index (Phi) is 3.35. The van der Waals surface area contributed by atoms with Gasteiger partial charge in [-0.05, 0) is 24.6 Å². The molecule has 1 fully saturated rings. The number of hydrogen-bond donors (Lipinski definition) is 1. The Hall–Kier alpha value is -1.30. The molecule has 1 atom stereocenters. The van der Waals surface area contributed by atoms with Crippen LogP contribution in [0.1, 0.15) is 12.5 Å². The average Bonchev–Trinajstić information content (AvgIpc) is 2.87. The first-order chi connectivity index (χ1) is 9.15. The molecule has 0 radical (unpaired) electrons. The molecule has 5 heteroatoms. The maximum Gasteiger partial charge on any atom is 0.231 e. The number of benzene rings is 1. The van der Waals surface area contributed by atoms with E-state index in [9.17, 15) is 0 Å². The van der Waals surface area contributed by atoms with E-state index in [1.54, 1.807) is 0 Å². The molecule has 2 N–H and O–H groups in total. The van der Waals surface area contributed by atoms with Crippen molar-refractivity contribution in [3.05, 3.63) is 23.8 Å². The third-order valence-electron chi connectivity index (χ3n) is 3.73. The Bertz CT molecular complexity index is 456. The lowest BCUT2D eigenvalue weighted by Gasteiger charge is -2.40. The first-order valence-corrected chi connectivity index (χ1v) is 6.65. The van der Waals surface area contributed by atoms with Gasteiger partial charge in [-0.3, -0.25) is 4.90 Å². The molecule has 0 aliphatic carbocycles. The summed E-state index contributed by atoms with van der Waals surface area (Å²) in [4.78, 5) is 2.28. The van der Waals surface area contributed by atoms with Crippen LogP contribution < -0.4 is 15.2 Å². The number of nitrogens with zero attached hydrogens (tertiary/aromatic N) is 1. The Labute approximate surface area is 113 Å². The first-order valence-electron chi connectivity index (χ1n) is 6.65. The molecule has 2 aliphatic rings. The zero-order valence-corrected chi connectivity index (χ0v) is 11.2. The smallest absolute Gasteiger partial charge is 0.231 e. The van der Waals surface area contributed by atoms with E-state index in [2.05, 4.69) is 17.9 Å². The third-order valence-corrected chi connectivity index (χ3v) is 3.73. The van der Waals surface area contributed by atoms with Gasteiger partial charge in [0.15, 0.2) is 11.5 Å². The average molecular weight is 264 g/mol. The molecule has 1 unspecified atom stereocenters. The molecule has 1 aromatic carbocycles. The van der Waals surface area contributed by atoms with Crippen LogP contribution in [0.15, 0.2) is 18.2 Å². The van der Waals surface area contributed by atoms with E-state index in [1.165, 1.54) is 5.56 Å². The van der Waals surface area contributed by atoms with E-state index in [-0.39, 0.29) is 5.66 Å². The van der Waals surface area contributed by atoms with E-state index in [0.29, 0.717) is 6.79 Å². The van der Waals surface area contributed by atoms with Crippen molar-refractivity contribution in [1.29, 1.82) is 0 Å². The number of rotatable bonds is 3. The van der Waals surface area contributed by atoms with Crippen LogP contribution in [-0.2, 0) is 11.2 Å². The Morgan fingerprint density at radius 3 is 2.74 bits per heavy atom. The van der Waals surface area contributed by atoms with Crippen molar-refractivity contribution >= 4 is 0 Å². The van der Waals surface area contributed by atoms with Crippen LogP contribution >= 0.6 is 0 Å². The van der Waals surface area contributed by atoms with Crippen LogP contribution in [0.5, 0.6) is 11.5 Å². The zero-order valence-electron chi connectivity index (χ0n) is 11.2. The maximum atomic E-state index is 6.47. The van der Waals surface area contributed by atoms with Gasteiger partial charge in [0, 0.05) is 19.5 Å². The fraction of sp³-hybridized carbons (Fsp3) is 0.571. The van der Waals surface area contributed by atoms with Gasteiger partial charge in [0.2, 0.25) is 6.79 Å². The summed E-state index contributed by atoms with van der Waals surface area (Å²) in [6.07, 6.45) is 0.781. The van der Waals surface area contributed by atoms with Crippen LogP contribution in [0.3, 0.4) is 0 Å². The van der Waals surface area contributed by atoms with Gasteiger partial charge >= 0.3 is 0 Å². The Morgan fingerprint density at radius 1 is 1.21 bits per heavy atom. The second kappa shape index (κ2) is 5.00. The summed E-state index contributed by atoms with van der Waals surface area (Å²) in [5.74, 6) is 1.63. The molecule has 104 valence electrons. The van der Waals surface area contributed by atoms with Crippen LogP contribution in [0.25, 0.3) is 0 Å². The number of fused-ring (bicyclic) bond motifs is 1. The topological polar surface area (TPSA) is 57.0 Å². The van der Waals surface area contributed by atoms with Crippen molar-refractivity contribution in [3.8, 4) is 11.5 Å². The van der Waals surface area contributed by atoms with Gasteiger partial charge < -0.3 is 19.9 Å². The van der Waals surface area contributed by atoms with Crippen molar-refractivity contribution in [3.63, 3.8) is 0 Å². The molecule has 0 amide bonds. The maximum absolute atomic E-state index is 6.47. The molecule has 1 aromatic rings. The summed E-state index contributed by atoms with van der Waals surface area (Å²) >= 11 is 0. The quantitative estimate of drug-likeness (QED) is 0.881. The standard InChI is InChI=1S/C14H20N2O3/c1-14(15,16-4-6-17-7-5-16)9-11-2-3-12-13(8-11)19-10-18-12/h2-3,8H,4-7,9-10,15H2,1H3. The van der Waals surface area contributed by atoms with E-state index >= 15 is 0 Å². The largest absolute Gasteiger partial charge is 0.454 e.